The number of carbonyl (C=O) groups is 1. The Kier molecular flexibility index (Phi) is 4.07. The first-order chi connectivity index (χ1) is 9.19. The van der Waals surface area contributed by atoms with Gasteiger partial charge in [-0.15, -0.1) is 10.2 Å². The molecule has 0 fully saturated rings. The van der Waals surface area contributed by atoms with E-state index in [1.54, 1.807) is 23.0 Å². The topological polar surface area (TPSA) is 84.7 Å². The first-order valence-electron chi connectivity index (χ1n) is 6.02. The van der Waals surface area contributed by atoms with E-state index in [1.807, 2.05) is 20.2 Å². The molecule has 2 heterocycles. The number of carbonyl (C=O) groups excluding carboxylic acids is 1. The molecule has 2 aromatic rings. The third-order valence-electron chi connectivity index (χ3n) is 2.47. The maximum absolute atomic E-state index is 11.5. The molecule has 0 bridgehead atoms. The molecular weight excluding hydrogens is 244 g/mol. The van der Waals surface area contributed by atoms with Gasteiger partial charge in [-0.05, 0) is 19.1 Å². The van der Waals surface area contributed by atoms with Gasteiger partial charge in [0.2, 0.25) is 0 Å². The average molecular weight is 260 g/mol. The molecule has 1 amide bonds. The monoisotopic (exact) mass is 260 g/mol. The molecule has 7 nitrogen and oxygen atoms in total. The van der Waals surface area contributed by atoms with Crippen molar-refractivity contribution in [3.05, 3.63) is 35.8 Å². The number of anilines is 1. The zero-order valence-electron chi connectivity index (χ0n) is 10.9. The van der Waals surface area contributed by atoms with Gasteiger partial charge >= 0.3 is 0 Å². The molecule has 0 atom stereocenters. The fourth-order valence-electron chi connectivity index (χ4n) is 1.55. The fourth-order valence-corrected chi connectivity index (χ4v) is 1.55. The van der Waals surface area contributed by atoms with Crippen LogP contribution in [0.3, 0.4) is 0 Å². The molecule has 0 saturated carbocycles. The zero-order valence-corrected chi connectivity index (χ0v) is 10.9. The van der Waals surface area contributed by atoms with Gasteiger partial charge in [0.15, 0.2) is 5.69 Å². The third-order valence-corrected chi connectivity index (χ3v) is 2.47. The lowest BCUT2D eigenvalue weighted by Crippen LogP contribution is -2.24. The van der Waals surface area contributed by atoms with Gasteiger partial charge in [0.25, 0.3) is 5.91 Å². The number of nitrogens with zero attached hydrogens (tertiary/aromatic N) is 4. The molecule has 0 radical (unpaired) electrons. The van der Waals surface area contributed by atoms with Gasteiger partial charge in [0.05, 0.1) is 6.20 Å². The van der Waals surface area contributed by atoms with Gasteiger partial charge in [0, 0.05) is 31.9 Å². The van der Waals surface area contributed by atoms with Crippen LogP contribution in [0.4, 0.5) is 5.82 Å². The molecule has 19 heavy (non-hydrogen) atoms. The van der Waals surface area contributed by atoms with Crippen LogP contribution in [0.15, 0.2) is 24.5 Å². The van der Waals surface area contributed by atoms with Crippen molar-refractivity contribution in [2.75, 3.05) is 11.9 Å². The molecule has 2 aromatic heterocycles. The lowest BCUT2D eigenvalue weighted by Gasteiger charge is -2.04. The molecule has 0 saturated heterocycles. The highest BCUT2D eigenvalue weighted by atomic mass is 16.1. The summed E-state index contributed by atoms with van der Waals surface area (Å²) in [6, 6.07) is 3.37. The molecule has 0 aromatic carbocycles. The fraction of sp³-hybridized carbons (Fsp3) is 0.333. The van der Waals surface area contributed by atoms with E-state index in [9.17, 15) is 4.79 Å². The lowest BCUT2D eigenvalue weighted by atomic mass is 10.3. The van der Waals surface area contributed by atoms with E-state index in [2.05, 4.69) is 25.9 Å². The number of hydrogen-bond acceptors (Lipinski definition) is 5. The minimum absolute atomic E-state index is 0.214. The summed E-state index contributed by atoms with van der Waals surface area (Å²) >= 11 is 0. The highest BCUT2D eigenvalue weighted by Gasteiger charge is 2.06. The normalized spacial score (nSPS) is 10.2. The standard InChI is InChI=1S/C12H16N6O/c1-3-13-12(19)10-4-5-11(17-16-10)14-6-9-7-15-18(2)8-9/h4-5,7-8H,3,6H2,1-2H3,(H,13,19)(H,14,17). The van der Waals surface area contributed by atoms with Crippen molar-refractivity contribution in [1.82, 2.24) is 25.3 Å². The van der Waals surface area contributed by atoms with Crippen LogP contribution < -0.4 is 10.6 Å². The number of rotatable bonds is 5. The Bertz CT molecular complexity index is 548. The van der Waals surface area contributed by atoms with Crippen molar-refractivity contribution in [1.29, 1.82) is 0 Å². The molecule has 0 spiro atoms. The molecule has 0 unspecified atom stereocenters. The second-order valence-electron chi connectivity index (χ2n) is 4.04. The van der Waals surface area contributed by atoms with E-state index in [4.69, 9.17) is 0 Å². The highest BCUT2D eigenvalue weighted by Crippen LogP contribution is 2.05. The van der Waals surface area contributed by atoms with Crippen LogP contribution in [0.2, 0.25) is 0 Å². The molecule has 0 aliphatic heterocycles. The van der Waals surface area contributed by atoms with Crippen LogP contribution in [-0.2, 0) is 13.6 Å². The minimum atomic E-state index is -0.214. The van der Waals surface area contributed by atoms with Gasteiger partial charge in [-0.25, -0.2) is 0 Å². The van der Waals surface area contributed by atoms with Crippen LogP contribution in [0, 0.1) is 0 Å². The van der Waals surface area contributed by atoms with Crippen LogP contribution in [0.1, 0.15) is 23.0 Å². The second-order valence-corrected chi connectivity index (χ2v) is 4.04. The maximum atomic E-state index is 11.5. The smallest absolute Gasteiger partial charge is 0.271 e. The molecule has 7 heteroatoms. The SMILES string of the molecule is CCNC(=O)c1ccc(NCc2cnn(C)c2)nn1. The highest BCUT2D eigenvalue weighted by molar-refractivity contribution is 5.92. The summed E-state index contributed by atoms with van der Waals surface area (Å²) in [6.45, 7) is 3.04. The molecule has 2 rings (SSSR count). The number of hydrogen-bond donors (Lipinski definition) is 2. The van der Waals surface area contributed by atoms with E-state index < -0.39 is 0 Å². The Balaban J connectivity index is 1.93. The number of nitrogens with one attached hydrogen (secondary N) is 2. The number of amides is 1. The quantitative estimate of drug-likeness (QED) is 0.821. The van der Waals surface area contributed by atoms with E-state index in [0.29, 0.717) is 24.6 Å². The molecule has 0 aliphatic rings. The van der Waals surface area contributed by atoms with Crippen molar-refractivity contribution in [3.8, 4) is 0 Å². The minimum Gasteiger partial charge on any atom is -0.364 e. The number of aryl methyl sites for hydroxylation is 1. The van der Waals surface area contributed by atoms with Gasteiger partial charge in [-0.3, -0.25) is 9.48 Å². The Morgan fingerprint density at radius 2 is 2.21 bits per heavy atom. The number of aromatic nitrogens is 4. The van der Waals surface area contributed by atoms with Gasteiger partial charge < -0.3 is 10.6 Å². The van der Waals surface area contributed by atoms with Crippen LogP contribution in [0.5, 0.6) is 0 Å². The Morgan fingerprint density at radius 1 is 1.37 bits per heavy atom. The Morgan fingerprint density at radius 3 is 2.79 bits per heavy atom. The van der Waals surface area contributed by atoms with Crippen molar-refractivity contribution >= 4 is 11.7 Å². The summed E-state index contributed by atoms with van der Waals surface area (Å²) in [5.41, 5.74) is 1.37. The predicted molar refractivity (Wildman–Crippen MR) is 70.6 cm³/mol. The van der Waals surface area contributed by atoms with Crippen LogP contribution >= 0.6 is 0 Å². The van der Waals surface area contributed by atoms with E-state index in [-0.39, 0.29) is 5.91 Å². The van der Waals surface area contributed by atoms with Crippen LogP contribution in [0.25, 0.3) is 0 Å². The molecule has 2 N–H and O–H groups in total. The van der Waals surface area contributed by atoms with Gasteiger partial charge in [0.1, 0.15) is 5.82 Å². The summed E-state index contributed by atoms with van der Waals surface area (Å²) in [5.74, 6) is 0.408. The van der Waals surface area contributed by atoms with E-state index in [1.165, 1.54) is 0 Å². The zero-order chi connectivity index (χ0) is 13.7. The molecular formula is C12H16N6O. The largest absolute Gasteiger partial charge is 0.364 e. The summed E-state index contributed by atoms with van der Waals surface area (Å²) in [6.07, 6.45) is 3.70. The Hall–Kier alpha value is -2.44. The first kappa shape index (κ1) is 13.0. The van der Waals surface area contributed by atoms with E-state index >= 15 is 0 Å². The predicted octanol–water partition coefficient (Wildman–Crippen LogP) is 0.572. The van der Waals surface area contributed by atoms with Crippen LogP contribution in [-0.4, -0.2) is 32.4 Å². The van der Waals surface area contributed by atoms with E-state index in [0.717, 1.165) is 5.56 Å². The summed E-state index contributed by atoms with van der Waals surface area (Å²) in [5, 5.41) is 17.7. The van der Waals surface area contributed by atoms with Crippen molar-refractivity contribution in [2.45, 2.75) is 13.5 Å². The van der Waals surface area contributed by atoms with Crippen molar-refractivity contribution in [3.63, 3.8) is 0 Å². The first-order valence-corrected chi connectivity index (χ1v) is 6.02. The molecule has 0 aliphatic carbocycles. The van der Waals surface area contributed by atoms with Gasteiger partial charge in [-0.1, -0.05) is 0 Å². The summed E-state index contributed by atoms with van der Waals surface area (Å²) in [4.78, 5) is 11.5. The maximum Gasteiger partial charge on any atom is 0.271 e. The summed E-state index contributed by atoms with van der Waals surface area (Å²) < 4.78 is 1.74. The van der Waals surface area contributed by atoms with Gasteiger partial charge in [-0.2, -0.15) is 5.10 Å². The lowest BCUT2D eigenvalue weighted by molar-refractivity contribution is 0.0950. The van der Waals surface area contributed by atoms with Crippen molar-refractivity contribution < 1.29 is 4.79 Å². The average Bonchev–Trinajstić information content (AvgIpc) is 2.83. The third kappa shape index (κ3) is 3.51. The Labute approximate surface area is 111 Å². The summed E-state index contributed by atoms with van der Waals surface area (Å²) in [7, 11) is 1.87. The second kappa shape index (κ2) is 5.94. The molecule has 100 valence electrons. The van der Waals surface area contributed by atoms with Crippen molar-refractivity contribution in [2.24, 2.45) is 7.05 Å².